The van der Waals surface area contributed by atoms with E-state index in [1.807, 2.05) is 97.1 Å². The molecule has 0 unspecified atom stereocenters. The molecule has 0 radical (unpaired) electrons. The molecule has 3 rings (SSSR count). The smallest absolute Gasteiger partial charge is 0.151 e. The Morgan fingerprint density at radius 1 is 0.636 bits per heavy atom. The molecule has 0 aliphatic heterocycles. The van der Waals surface area contributed by atoms with Gasteiger partial charge in [0, 0.05) is 0 Å². The maximum Gasteiger partial charge on any atom is 0.151 e. The molecule has 0 bridgehead atoms. The van der Waals surface area contributed by atoms with Crippen LogP contribution in [0.4, 0.5) is 0 Å². The predicted molar refractivity (Wildman–Crippen MR) is 130 cm³/mol. The molecule has 0 heterocycles. The maximum absolute atomic E-state index is 12.1. The van der Waals surface area contributed by atoms with Gasteiger partial charge in [-0.15, -0.1) is 0 Å². The second kappa shape index (κ2) is 14.0. The van der Waals surface area contributed by atoms with Crippen LogP contribution in [0.15, 0.2) is 116 Å². The highest BCUT2D eigenvalue weighted by Crippen LogP contribution is 2.19. The number of benzene rings is 3. The number of hydrogen-bond acceptors (Lipinski definition) is 4. The molecule has 170 valence electrons. The van der Waals surface area contributed by atoms with Gasteiger partial charge in [-0.2, -0.15) is 0 Å². The first-order valence-electron chi connectivity index (χ1n) is 11.0. The molecule has 0 N–H and O–H groups in total. The number of allylic oxidation sites excluding steroid dienone is 2. The molecule has 0 aliphatic rings. The van der Waals surface area contributed by atoms with Crippen LogP contribution in [0.3, 0.4) is 0 Å². The summed E-state index contributed by atoms with van der Waals surface area (Å²) in [6.45, 7) is 4.77. The lowest BCUT2D eigenvalue weighted by Crippen LogP contribution is -2.42. The van der Waals surface area contributed by atoms with Gasteiger partial charge in [0.05, 0.1) is 19.8 Å². The number of rotatable bonds is 14. The van der Waals surface area contributed by atoms with Gasteiger partial charge in [-0.05, 0) is 16.7 Å². The van der Waals surface area contributed by atoms with Gasteiger partial charge in [0.25, 0.3) is 0 Å². The highest BCUT2D eigenvalue weighted by molar-refractivity contribution is 5.57. The summed E-state index contributed by atoms with van der Waals surface area (Å²) in [5, 5.41) is 0. The summed E-state index contributed by atoms with van der Waals surface area (Å²) in [5.74, 6) is 0. The fourth-order valence-electron chi connectivity index (χ4n) is 3.34. The standard InChI is InChI=1S/C29H30O4/c1-2-3-19-27(31-21-24-13-7-4-8-14-24)29(33-23-26-17-11-6-12-18-26)28(20-30)32-22-25-15-9-5-10-16-25/h2-20,27-29H,1,21-23H2/b19-3+/t27-,28-,29+/m1/s1. The van der Waals surface area contributed by atoms with Gasteiger partial charge >= 0.3 is 0 Å². The van der Waals surface area contributed by atoms with Crippen LogP contribution < -0.4 is 0 Å². The van der Waals surface area contributed by atoms with Crippen LogP contribution in [-0.4, -0.2) is 24.6 Å². The van der Waals surface area contributed by atoms with Crippen molar-refractivity contribution in [3.63, 3.8) is 0 Å². The lowest BCUT2D eigenvalue weighted by molar-refractivity contribution is -0.151. The lowest BCUT2D eigenvalue weighted by atomic mass is 10.1. The largest absolute Gasteiger partial charge is 0.367 e. The van der Waals surface area contributed by atoms with Gasteiger partial charge in [-0.25, -0.2) is 0 Å². The second-order valence-electron chi connectivity index (χ2n) is 7.54. The summed E-state index contributed by atoms with van der Waals surface area (Å²) in [6, 6.07) is 29.5. The van der Waals surface area contributed by atoms with Crippen molar-refractivity contribution in [3.05, 3.63) is 132 Å². The Balaban J connectivity index is 1.79. The van der Waals surface area contributed by atoms with Crippen LogP contribution in [0, 0.1) is 0 Å². The topological polar surface area (TPSA) is 44.8 Å². The van der Waals surface area contributed by atoms with Crippen LogP contribution in [-0.2, 0) is 38.8 Å². The lowest BCUT2D eigenvalue weighted by Gasteiger charge is -2.29. The van der Waals surface area contributed by atoms with Crippen molar-refractivity contribution >= 4 is 6.29 Å². The average Bonchev–Trinajstić information content (AvgIpc) is 2.88. The van der Waals surface area contributed by atoms with E-state index in [4.69, 9.17) is 14.2 Å². The summed E-state index contributed by atoms with van der Waals surface area (Å²) < 4.78 is 18.5. The minimum atomic E-state index is -0.816. The third kappa shape index (κ3) is 8.28. The highest BCUT2D eigenvalue weighted by Gasteiger charge is 2.31. The van der Waals surface area contributed by atoms with Crippen molar-refractivity contribution < 1.29 is 19.0 Å². The molecule has 0 aliphatic carbocycles. The van der Waals surface area contributed by atoms with Crippen molar-refractivity contribution in [1.29, 1.82) is 0 Å². The van der Waals surface area contributed by atoms with E-state index in [0.717, 1.165) is 23.0 Å². The van der Waals surface area contributed by atoms with Crippen LogP contribution in [0.1, 0.15) is 16.7 Å². The van der Waals surface area contributed by atoms with Crippen molar-refractivity contribution in [3.8, 4) is 0 Å². The van der Waals surface area contributed by atoms with Crippen LogP contribution in [0.2, 0.25) is 0 Å². The molecule has 0 saturated carbocycles. The van der Waals surface area contributed by atoms with E-state index < -0.39 is 18.3 Å². The summed E-state index contributed by atoms with van der Waals surface area (Å²) in [4.78, 5) is 12.1. The Labute approximate surface area is 196 Å². The van der Waals surface area contributed by atoms with Gasteiger partial charge in [-0.1, -0.05) is 116 Å². The van der Waals surface area contributed by atoms with Gasteiger partial charge in [0.15, 0.2) is 6.29 Å². The first-order chi connectivity index (χ1) is 16.3. The Morgan fingerprint density at radius 2 is 1.06 bits per heavy atom. The van der Waals surface area contributed by atoms with Crippen LogP contribution >= 0.6 is 0 Å². The number of carbonyl (C=O) groups is 1. The summed E-state index contributed by atoms with van der Waals surface area (Å²) in [7, 11) is 0. The number of ether oxygens (including phenoxy) is 3. The van der Waals surface area contributed by atoms with Gasteiger partial charge in [-0.3, -0.25) is 0 Å². The number of hydrogen-bond donors (Lipinski definition) is 0. The molecule has 0 fully saturated rings. The minimum Gasteiger partial charge on any atom is -0.367 e. The summed E-state index contributed by atoms with van der Waals surface area (Å²) >= 11 is 0. The third-order valence-electron chi connectivity index (χ3n) is 5.07. The first kappa shape index (κ1) is 24.3. The normalized spacial score (nSPS) is 13.9. The molecule has 0 spiro atoms. The van der Waals surface area contributed by atoms with E-state index in [2.05, 4.69) is 6.58 Å². The van der Waals surface area contributed by atoms with E-state index in [-0.39, 0.29) is 0 Å². The van der Waals surface area contributed by atoms with Crippen molar-refractivity contribution in [2.24, 2.45) is 0 Å². The second-order valence-corrected chi connectivity index (χ2v) is 7.54. The quantitative estimate of drug-likeness (QED) is 0.238. The molecule has 3 aromatic carbocycles. The molecule has 4 heteroatoms. The van der Waals surface area contributed by atoms with E-state index in [1.54, 1.807) is 12.2 Å². The molecular weight excluding hydrogens is 412 g/mol. The number of aldehydes is 1. The molecule has 33 heavy (non-hydrogen) atoms. The SMILES string of the molecule is C=C/C=C/[C@@H](OCc1ccccc1)[C@H](OCc1ccccc1)[C@@H](C=O)OCc1ccccc1. The molecule has 4 nitrogen and oxygen atoms in total. The van der Waals surface area contributed by atoms with E-state index >= 15 is 0 Å². The van der Waals surface area contributed by atoms with E-state index in [9.17, 15) is 4.79 Å². The van der Waals surface area contributed by atoms with Crippen molar-refractivity contribution in [1.82, 2.24) is 0 Å². The molecular formula is C29H30O4. The fraction of sp³-hybridized carbons (Fsp3) is 0.207. The average molecular weight is 443 g/mol. The van der Waals surface area contributed by atoms with Gasteiger partial charge in [0.2, 0.25) is 0 Å². The van der Waals surface area contributed by atoms with Crippen LogP contribution in [0.5, 0.6) is 0 Å². The minimum absolute atomic E-state index is 0.298. The first-order valence-corrected chi connectivity index (χ1v) is 11.0. The van der Waals surface area contributed by atoms with Gasteiger partial charge in [0.1, 0.15) is 18.3 Å². The van der Waals surface area contributed by atoms with E-state index in [0.29, 0.717) is 19.8 Å². The molecule has 3 atom stereocenters. The summed E-state index contributed by atoms with van der Waals surface area (Å²) in [6.07, 6.45) is 4.14. The van der Waals surface area contributed by atoms with Crippen molar-refractivity contribution in [2.45, 2.75) is 38.1 Å². The van der Waals surface area contributed by atoms with Gasteiger partial charge < -0.3 is 19.0 Å². The third-order valence-corrected chi connectivity index (χ3v) is 5.07. The zero-order valence-corrected chi connectivity index (χ0v) is 18.7. The zero-order chi connectivity index (χ0) is 23.1. The zero-order valence-electron chi connectivity index (χ0n) is 18.7. The fourth-order valence-corrected chi connectivity index (χ4v) is 3.34. The number of carbonyl (C=O) groups excluding carboxylic acids is 1. The molecule has 0 saturated heterocycles. The predicted octanol–water partition coefficient (Wildman–Crippen LogP) is 5.68. The van der Waals surface area contributed by atoms with E-state index in [1.165, 1.54) is 0 Å². The Hall–Kier alpha value is -3.31. The maximum atomic E-state index is 12.1. The summed E-state index contributed by atoms with van der Waals surface area (Å²) in [5.41, 5.74) is 3.02. The Bertz CT molecular complexity index is 970. The Kier molecular flexibility index (Phi) is 10.3. The molecule has 0 amide bonds. The highest BCUT2D eigenvalue weighted by atomic mass is 16.6. The van der Waals surface area contributed by atoms with Crippen molar-refractivity contribution in [2.75, 3.05) is 0 Å². The van der Waals surface area contributed by atoms with Crippen LogP contribution in [0.25, 0.3) is 0 Å². The molecule has 0 aromatic heterocycles. The molecule has 3 aromatic rings. The monoisotopic (exact) mass is 442 g/mol. The Morgan fingerprint density at radius 3 is 1.48 bits per heavy atom.